The molecule has 0 aliphatic heterocycles. The van der Waals surface area contributed by atoms with Crippen molar-refractivity contribution in [3.05, 3.63) is 29.3 Å². The van der Waals surface area contributed by atoms with Gasteiger partial charge >= 0.3 is 12.0 Å². The Morgan fingerprint density at radius 3 is 2.67 bits per heavy atom. The van der Waals surface area contributed by atoms with Crippen LogP contribution in [0.25, 0.3) is 0 Å². The number of hydrogen-bond donors (Lipinski definition) is 2. The number of anilines is 1. The van der Waals surface area contributed by atoms with Crippen LogP contribution in [0.15, 0.2) is 24.3 Å². The summed E-state index contributed by atoms with van der Waals surface area (Å²) in [5.41, 5.74) is 0.450. The van der Waals surface area contributed by atoms with Crippen molar-refractivity contribution in [1.82, 2.24) is 10.2 Å². The van der Waals surface area contributed by atoms with Crippen molar-refractivity contribution in [2.45, 2.75) is 6.92 Å². The summed E-state index contributed by atoms with van der Waals surface area (Å²) < 4.78 is 0. The van der Waals surface area contributed by atoms with Gasteiger partial charge in [0.05, 0.1) is 0 Å². The van der Waals surface area contributed by atoms with Gasteiger partial charge < -0.3 is 15.3 Å². The Kier molecular flexibility index (Phi) is 6.98. The number of nitrogens with one attached hydrogen (secondary N) is 1. The average Bonchev–Trinajstić information content (AvgIpc) is 2.44. The number of carbonyl (C=O) groups is 2. The van der Waals surface area contributed by atoms with Crippen LogP contribution in [0.3, 0.4) is 0 Å². The minimum atomic E-state index is -1.09. The molecule has 0 aliphatic rings. The number of halogens is 1. The van der Waals surface area contributed by atoms with Gasteiger partial charge in [0.1, 0.15) is 6.54 Å². The molecule has 0 aliphatic carbocycles. The first-order valence-electron chi connectivity index (χ1n) is 6.65. The first kappa shape index (κ1) is 17.3. The third-order valence-electron chi connectivity index (χ3n) is 2.97. The van der Waals surface area contributed by atoms with Gasteiger partial charge in [0, 0.05) is 23.8 Å². The molecular formula is C14H20ClN3O3. The van der Waals surface area contributed by atoms with Crippen LogP contribution in [0.2, 0.25) is 5.02 Å². The highest BCUT2D eigenvalue weighted by Crippen LogP contribution is 2.19. The Labute approximate surface area is 129 Å². The lowest BCUT2D eigenvalue weighted by Crippen LogP contribution is -2.45. The highest BCUT2D eigenvalue weighted by atomic mass is 35.5. The van der Waals surface area contributed by atoms with E-state index in [4.69, 9.17) is 16.7 Å². The molecule has 0 saturated heterocycles. The lowest BCUT2D eigenvalue weighted by molar-refractivity contribution is -0.135. The van der Waals surface area contributed by atoms with Crippen LogP contribution < -0.4 is 10.2 Å². The van der Waals surface area contributed by atoms with Gasteiger partial charge in [-0.1, -0.05) is 24.6 Å². The van der Waals surface area contributed by atoms with E-state index in [1.807, 2.05) is 18.9 Å². The maximum absolute atomic E-state index is 12.2. The fourth-order valence-corrected chi connectivity index (χ4v) is 1.85. The van der Waals surface area contributed by atoms with Gasteiger partial charge in [-0.2, -0.15) is 0 Å². The third kappa shape index (κ3) is 6.01. The molecule has 0 unspecified atom stereocenters. The van der Waals surface area contributed by atoms with E-state index in [1.54, 1.807) is 24.3 Å². The van der Waals surface area contributed by atoms with Gasteiger partial charge in [-0.05, 0) is 31.8 Å². The molecule has 6 nitrogen and oxygen atoms in total. The molecule has 116 valence electrons. The monoisotopic (exact) mass is 313 g/mol. The number of rotatable bonds is 7. The number of carbonyl (C=O) groups excluding carboxylic acids is 1. The van der Waals surface area contributed by atoms with Gasteiger partial charge in [-0.15, -0.1) is 0 Å². The third-order valence-corrected chi connectivity index (χ3v) is 3.20. The van der Waals surface area contributed by atoms with Crippen molar-refractivity contribution >= 4 is 29.3 Å². The second kappa shape index (κ2) is 8.49. The van der Waals surface area contributed by atoms with Gasteiger partial charge in [0.15, 0.2) is 0 Å². The number of nitrogens with zero attached hydrogens (tertiary/aromatic N) is 2. The van der Waals surface area contributed by atoms with Crippen LogP contribution in [0.1, 0.15) is 6.92 Å². The molecule has 0 saturated carbocycles. The Hall–Kier alpha value is -1.79. The van der Waals surface area contributed by atoms with Crippen LogP contribution in [0.4, 0.5) is 10.5 Å². The summed E-state index contributed by atoms with van der Waals surface area (Å²) in [4.78, 5) is 26.3. The smallest absolute Gasteiger partial charge is 0.323 e. The summed E-state index contributed by atoms with van der Waals surface area (Å²) in [5.74, 6) is -1.09. The Morgan fingerprint density at radius 1 is 1.38 bits per heavy atom. The zero-order valence-corrected chi connectivity index (χ0v) is 12.9. The first-order chi connectivity index (χ1) is 9.93. The molecule has 1 aromatic carbocycles. The maximum Gasteiger partial charge on any atom is 0.323 e. The molecule has 0 spiro atoms. The zero-order chi connectivity index (χ0) is 15.8. The Balaban J connectivity index is 2.73. The van der Waals surface area contributed by atoms with Crippen molar-refractivity contribution in [2.24, 2.45) is 0 Å². The number of likely N-dealkylation sites (N-methyl/N-ethyl adjacent to an activating group) is 1. The van der Waals surface area contributed by atoms with Crippen LogP contribution in [0.5, 0.6) is 0 Å². The minimum Gasteiger partial charge on any atom is -0.480 e. The van der Waals surface area contributed by atoms with E-state index in [2.05, 4.69) is 5.32 Å². The number of urea groups is 1. The molecule has 0 fully saturated rings. The minimum absolute atomic E-state index is 0.421. The van der Waals surface area contributed by atoms with Crippen LogP contribution in [-0.4, -0.2) is 55.2 Å². The summed E-state index contributed by atoms with van der Waals surface area (Å²) in [7, 11) is 1.94. The second-order valence-electron chi connectivity index (χ2n) is 4.59. The highest BCUT2D eigenvalue weighted by molar-refractivity contribution is 6.30. The normalized spacial score (nSPS) is 10.5. The maximum atomic E-state index is 12.2. The lowest BCUT2D eigenvalue weighted by Gasteiger charge is -2.22. The van der Waals surface area contributed by atoms with E-state index < -0.39 is 18.5 Å². The zero-order valence-electron chi connectivity index (χ0n) is 12.2. The van der Waals surface area contributed by atoms with Crippen molar-refractivity contribution in [3.8, 4) is 0 Å². The average molecular weight is 314 g/mol. The molecule has 0 heterocycles. The van der Waals surface area contributed by atoms with Crippen molar-refractivity contribution in [2.75, 3.05) is 38.1 Å². The standard InChI is InChI=1S/C14H20ClN3O3/c1-3-17(2)8-7-16-14(21)18(10-13(19)20)12-6-4-5-11(15)9-12/h4-6,9H,3,7-8,10H2,1-2H3,(H,16,21)(H,19,20). The molecule has 0 atom stereocenters. The summed E-state index contributed by atoms with van der Waals surface area (Å²) >= 11 is 5.88. The van der Waals surface area contributed by atoms with Crippen molar-refractivity contribution in [3.63, 3.8) is 0 Å². The van der Waals surface area contributed by atoms with E-state index in [0.717, 1.165) is 11.4 Å². The molecule has 0 aromatic heterocycles. The summed E-state index contributed by atoms with van der Waals surface area (Å²) in [6, 6.07) is 6.08. The number of aliphatic carboxylic acids is 1. The molecule has 21 heavy (non-hydrogen) atoms. The van der Waals surface area contributed by atoms with E-state index in [-0.39, 0.29) is 0 Å². The highest BCUT2D eigenvalue weighted by Gasteiger charge is 2.18. The molecular weight excluding hydrogens is 294 g/mol. The van der Waals surface area contributed by atoms with E-state index in [1.165, 1.54) is 0 Å². The Bertz CT molecular complexity index is 496. The molecule has 0 radical (unpaired) electrons. The van der Waals surface area contributed by atoms with Gasteiger partial charge in [-0.25, -0.2) is 4.79 Å². The van der Waals surface area contributed by atoms with E-state index in [9.17, 15) is 9.59 Å². The second-order valence-corrected chi connectivity index (χ2v) is 5.02. The topological polar surface area (TPSA) is 72.9 Å². The van der Waals surface area contributed by atoms with Crippen molar-refractivity contribution in [1.29, 1.82) is 0 Å². The van der Waals surface area contributed by atoms with Crippen molar-refractivity contribution < 1.29 is 14.7 Å². The first-order valence-corrected chi connectivity index (χ1v) is 7.03. The Morgan fingerprint density at radius 2 is 2.10 bits per heavy atom. The molecule has 2 N–H and O–H groups in total. The fraction of sp³-hybridized carbons (Fsp3) is 0.429. The number of amides is 2. The van der Waals surface area contributed by atoms with E-state index in [0.29, 0.717) is 23.8 Å². The number of benzene rings is 1. The summed E-state index contributed by atoms with van der Waals surface area (Å²) in [6.45, 7) is 3.61. The summed E-state index contributed by atoms with van der Waals surface area (Å²) in [5, 5.41) is 12.1. The SMILES string of the molecule is CCN(C)CCNC(=O)N(CC(=O)O)c1cccc(Cl)c1. The van der Waals surface area contributed by atoms with Crippen LogP contribution >= 0.6 is 11.6 Å². The van der Waals surface area contributed by atoms with Gasteiger partial charge in [-0.3, -0.25) is 9.69 Å². The molecule has 7 heteroatoms. The predicted octanol–water partition coefficient (Wildman–Crippen LogP) is 1.89. The lowest BCUT2D eigenvalue weighted by atomic mass is 10.3. The molecule has 1 rings (SSSR count). The van der Waals surface area contributed by atoms with Crippen LogP contribution in [-0.2, 0) is 4.79 Å². The number of carboxylic acid groups (broad SMARTS) is 1. The van der Waals surface area contributed by atoms with E-state index >= 15 is 0 Å². The van der Waals surface area contributed by atoms with Crippen LogP contribution in [0, 0.1) is 0 Å². The number of hydrogen-bond acceptors (Lipinski definition) is 3. The predicted molar refractivity (Wildman–Crippen MR) is 83.0 cm³/mol. The largest absolute Gasteiger partial charge is 0.480 e. The van der Waals surface area contributed by atoms with Gasteiger partial charge in [0.25, 0.3) is 0 Å². The number of carboxylic acids is 1. The molecule has 0 bridgehead atoms. The summed E-state index contributed by atoms with van der Waals surface area (Å²) in [6.07, 6.45) is 0. The van der Waals surface area contributed by atoms with Gasteiger partial charge in [0.2, 0.25) is 0 Å². The molecule has 2 amide bonds. The fourth-order valence-electron chi connectivity index (χ4n) is 1.67. The quantitative estimate of drug-likeness (QED) is 0.806. The molecule has 1 aromatic rings.